The SMILES string of the molecule is Cc1cc(S(N)(=O)=O)cc(NC(=O)c2ccc(F)cc2)c1C. The maximum atomic E-state index is 12.9. The highest BCUT2D eigenvalue weighted by molar-refractivity contribution is 7.89. The number of carbonyl (C=O) groups is 1. The monoisotopic (exact) mass is 322 g/mol. The largest absolute Gasteiger partial charge is 0.322 e. The standard InChI is InChI=1S/C15H15FN2O3S/c1-9-7-13(22(17,20)21)8-14(10(9)2)18-15(19)11-3-5-12(16)6-4-11/h3-8H,1-2H3,(H,18,19)(H2,17,20,21). The van der Waals surface area contributed by atoms with E-state index in [0.717, 1.165) is 5.56 Å². The average Bonchev–Trinajstić information content (AvgIpc) is 2.43. The summed E-state index contributed by atoms with van der Waals surface area (Å²) in [6.45, 7) is 3.47. The van der Waals surface area contributed by atoms with Gasteiger partial charge in [-0.15, -0.1) is 0 Å². The van der Waals surface area contributed by atoms with Crippen LogP contribution in [0.3, 0.4) is 0 Å². The number of carbonyl (C=O) groups excluding carboxylic acids is 1. The first-order valence-corrected chi connectivity index (χ1v) is 7.94. The Kier molecular flexibility index (Phi) is 4.30. The Morgan fingerprint density at radius 2 is 1.73 bits per heavy atom. The minimum Gasteiger partial charge on any atom is -0.322 e. The highest BCUT2D eigenvalue weighted by Crippen LogP contribution is 2.24. The molecule has 2 aromatic rings. The summed E-state index contributed by atoms with van der Waals surface area (Å²) in [5.74, 6) is -0.908. The van der Waals surface area contributed by atoms with Crippen molar-refractivity contribution in [2.75, 3.05) is 5.32 Å². The molecule has 0 atom stereocenters. The Morgan fingerprint density at radius 3 is 2.27 bits per heavy atom. The third-order valence-electron chi connectivity index (χ3n) is 3.32. The third kappa shape index (κ3) is 3.49. The molecule has 0 saturated carbocycles. The molecule has 5 nitrogen and oxygen atoms in total. The Bertz CT molecular complexity index is 831. The Hall–Kier alpha value is -2.25. The molecule has 116 valence electrons. The van der Waals surface area contributed by atoms with Crippen LogP contribution >= 0.6 is 0 Å². The van der Waals surface area contributed by atoms with Crippen LogP contribution in [0.5, 0.6) is 0 Å². The van der Waals surface area contributed by atoms with Crippen LogP contribution in [0.1, 0.15) is 21.5 Å². The van der Waals surface area contributed by atoms with E-state index in [-0.39, 0.29) is 10.5 Å². The maximum absolute atomic E-state index is 12.9. The zero-order valence-electron chi connectivity index (χ0n) is 12.1. The first-order chi connectivity index (χ1) is 10.2. The van der Waals surface area contributed by atoms with Crippen LogP contribution in [0.4, 0.5) is 10.1 Å². The van der Waals surface area contributed by atoms with Gasteiger partial charge in [0.15, 0.2) is 0 Å². The quantitative estimate of drug-likeness (QED) is 0.909. The predicted molar refractivity (Wildman–Crippen MR) is 81.6 cm³/mol. The predicted octanol–water partition coefficient (Wildman–Crippen LogP) is 2.34. The Balaban J connectivity index is 2.38. The number of hydrogen-bond acceptors (Lipinski definition) is 3. The first-order valence-electron chi connectivity index (χ1n) is 6.39. The van der Waals surface area contributed by atoms with Gasteiger partial charge in [-0.1, -0.05) is 0 Å². The van der Waals surface area contributed by atoms with Crippen molar-refractivity contribution < 1.29 is 17.6 Å². The molecule has 0 bridgehead atoms. The lowest BCUT2D eigenvalue weighted by molar-refractivity contribution is 0.102. The van der Waals surface area contributed by atoms with Gasteiger partial charge in [-0.25, -0.2) is 17.9 Å². The van der Waals surface area contributed by atoms with Crippen LogP contribution in [-0.2, 0) is 10.0 Å². The molecule has 0 aliphatic carbocycles. The van der Waals surface area contributed by atoms with E-state index in [1.807, 2.05) is 0 Å². The van der Waals surface area contributed by atoms with Crippen molar-refractivity contribution in [2.24, 2.45) is 5.14 Å². The Labute approximate surface area is 128 Å². The molecule has 0 aliphatic rings. The number of primary sulfonamides is 1. The molecule has 0 radical (unpaired) electrons. The van der Waals surface area contributed by atoms with Crippen LogP contribution in [0.25, 0.3) is 0 Å². The average molecular weight is 322 g/mol. The molecule has 0 spiro atoms. The van der Waals surface area contributed by atoms with Crippen LogP contribution in [0, 0.1) is 19.7 Å². The molecule has 3 N–H and O–H groups in total. The van der Waals surface area contributed by atoms with E-state index in [4.69, 9.17) is 5.14 Å². The second kappa shape index (κ2) is 5.86. The molecular formula is C15H15FN2O3S. The van der Waals surface area contributed by atoms with Crippen molar-refractivity contribution in [3.8, 4) is 0 Å². The number of aryl methyl sites for hydroxylation is 1. The van der Waals surface area contributed by atoms with E-state index in [0.29, 0.717) is 11.3 Å². The van der Waals surface area contributed by atoms with E-state index < -0.39 is 21.7 Å². The van der Waals surface area contributed by atoms with Crippen molar-refractivity contribution in [3.05, 3.63) is 58.9 Å². The lowest BCUT2D eigenvalue weighted by Crippen LogP contribution is -2.16. The smallest absolute Gasteiger partial charge is 0.255 e. The Morgan fingerprint density at radius 1 is 1.14 bits per heavy atom. The zero-order valence-corrected chi connectivity index (χ0v) is 12.9. The molecule has 2 aromatic carbocycles. The molecule has 0 saturated heterocycles. The van der Waals surface area contributed by atoms with Crippen LogP contribution < -0.4 is 10.5 Å². The highest BCUT2D eigenvalue weighted by Gasteiger charge is 2.15. The van der Waals surface area contributed by atoms with E-state index in [9.17, 15) is 17.6 Å². The van der Waals surface area contributed by atoms with Crippen molar-refractivity contribution in [1.29, 1.82) is 0 Å². The maximum Gasteiger partial charge on any atom is 0.255 e. The number of amides is 1. The number of nitrogens with two attached hydrogens (primary N) is 1. The molecule has 2 rings (SSSR count). The molecule has 22 heavy (non-hydrogen) atoms. The number of anilines is 1. The molecule has 0 unspecified atom stereocenters. The lowest BCUT2D eigenvalue weighted by Gasteiger charge is -2.12. The number of benzene rings is 2. The fourth-order valence-corrected chi connectivity index (χ4v) is 2.54. The molecule has 0 aliphatic heterocycles. The first kappa shape index (κ1) is 16.1. The van der Waals surface area contributed by atoms with Gasteiger partial charge >= 0.3 is 0 Å². The third-order valence-corrected chi connectivity index (χ3v) is 4.22. The highest BCUT2D eigenvalue weighted by atomic mass is 32.2. The van der Waals surface area contributed by atoms with E-state index in [1.165, 1.54) is 36.4 Å². The molecule has 0 fully saturated rings. The lowest BCUT2D eigenvalue weighted by atomic mass is 10.1. The summed E-state index contributed by atoms with van der Waals surface area (Å²) in [6.07, 6.45) is 0. The van der Waals surface area contributed by atoms with Crippen LogP contribution in [-0.4, -0.2) is 14.3 Å². The topological polar surface area (TPSA) is 89.3 Å². The molecule has 0 heterocycles. The molecule has 0 aromatic heterocycles. The van der Waals surface area contributed by atoms with Crippen molar-refractivity contribution in [1.82, 2.24) is 0 Å². The summed E-state index contributed by atoms with van der Waals surface area (Å²) in [4.78, 5) is 12.1. The van der Waals surface area contributed by atoms with Crippen molar-refractivity contribution in [3.63, 3.8) is 0 Å². The van der Waals surface area contributed by atoms with Gasteiger partial charge in [-0.05, 0) is 61.4 Å². The molecular weight excluding hydrogens is 307 g/mol. The number of halogens is 1. The van der Waals surface area contributed by atoms with E-state index >= 15 is 0 Å². The van der Waals surface area contributed by atoms with Gasteiger partial charge in [0.2, 0.25) is 10.0 Å². The van der Waals surface area contributed by atoms with Crippen LogP contribution in [0.2, 0.25) is 0 Å². The fourth-order valence-electron chi connectivity index (χ4n) is 1.92. The van der Waals surface area contributed by atoms with Gasteiger partial charge in [-0.3, -0.25) is 4.79 Å². The number of rotatable bonds is 3. The van der Waals surface area contributed by atoms with Gasteiger partial charge in [-0.2, -0.15) is 0 Å². The minimum atomic E-state index is -3.87. The summed E-state index contributed by atoms with van der Waals surface area (Å²) < 4.78 is 35.8. The molecule has 1 amide bonds. The van der Waals surface area contributed by atoms with E-state index in [2.05, 4.69) is 5.32 Å². The van der Waals surface area contributed by atoms with Crippen LogP contribution in [0.15, 0.2) is 41.3 Å². The summed E-state index contributed by atoms with van der Waals surface area (Å²) in [6, 6.07) is 7.78. The zero-order chi connectivity index (χ0) is 16.5. The molecule has 7 heteroatoms. The second-order valence-corrected chi connectivity index (χ2v) is 6.48. The summed E-state index contributed by atoms with van der Waals surface area (Å²) in [5.41, 5.74) is 2.02. The van der Waals surface area contributed by atoms with Crippen molar-refractivity contribution in [2.45, 2.75) is 18.7 Å². The number of nitrogens with one attached hydrogen (secondary N) is 1. The summed E-state index contributed by atoms with van der Waals surface area (Å²) in [7, 11) is -3.87. The van der Waals surface area contributed by atoms with Gasteiger partial charge in [0.05, 0.1) is 4.90 Å². The fraction of sp³-hybridized carbons (Fsp3) is 0.133. The van der Waals surface area contributed by atoms with Gasteiger partial charge in [0.1, 0.15) is 5.82 Å². The van der Waals surface area contributed by atoms with Gasteiger partial charge in [0, 0.05) is 11.3 Å². The minimum absolute atomic E-state index is 0.0787. The number of sulfonamides is 1. The van der Waals surface area contributed by atoms with E-state index in [1.54, 1.807) is 13.8 Å². The normalized spacial score (nSPS) is 11.3. The summed E-state index contributed by atoms with van der Waals surface area (Å²) in [5, 5.41) is 7.74. The van der Waals surface area contributed by atoms with Crippen molar-refractivity contribution >= 4 is 21.6 Å². The summed E-state index contributed by atoms with van der Waals surface area (Å²) >= 11 is 0. The van der Waals surface area contributed by atoms with Gasteiger partial charge in [0.25, 0.3) is 5.91 Å². The second-order valence-electron chi connectivity index (χ2n) is 4.92. The van der Waals surface area contributed by atoms with Gasteiger partial charge < -0.3 is 5.32 Å². The number of hydrogen-bond donors (Lipinski definition) is 2.